The van der Waals surface area contributed by atoms with Gasteiger partial charge in [-0.3, -0.25) is 4.79 Å². The van der Waals surface area contributed by atoms with Crippen LogP contribution >= 0.6 is 11.8 Å². The summed E-state index contributed by atoms with van der Waals surface area (Å²) in [5, 5.41) is 0. The van der Waals surface area contributed by atoms with Crippen molar-refractivity contribution in [1.29, 1.82) is 0 Å². The third kappa shape index (κ3) is 3.86. The number of hydrogen-bond acceptors (Lipinski definition) is 5. The number of fused-ring (bicyclic) bond motifs is 1. The van der Waals surface area contributed by atoms with Gasteiger partial charge >= 0.3 is 6.09 Å². The number of benzene rings is 3. The van der Waals surface area contributed by atoms with Crippen molar-refractivity contribution in [3.63, 3.8) is 0 Å². The quantitative estimate of drug-likeness (QED) is 0.490. The zero-order valence-corrected chi connectivity index (χ0v) is 19.3. The van der Waals surface area contributed by atoms with Crippen LogP contribution in [0.3, 0.4) is 0 Å². The van der Waals surface area contributed by atoms with Crippen molar-refractivity contribution in [2.75, 3.05) is 12.0 Å². The van der Waals surface area contributed by atoms with Gasteiger partial charge in [-0.25, -0.2) is 9.69 Å². The standard InChI is InChI=1S/C26H25NO4S/c1-25(2,3)31-24(29)27-22-13-9-8-12-21(22)26(23(27)28,32-20-10-6-5-7-11-20)18-14-16-19(30-4)17-15-18/h5-17H,1-4H3/t26-/m0/s1. The molecule has 0 aromatic heterocycles. The van der Waals surface area contributed by atoms with Crippen molar-refractivity contribution in [3.8, 4) is 5.75 Å². The van der Waals surface area contributed by atoms with Crippen molar-refractivity contribution >= 4 is 29.4 Å². The number of nitrogens with zero attached hydrogens (tertiary/aromatic N) is 1. The Hall–Kier alpha value is -3.25. The molecular weight excluding hydrogens is 422 g/mol. The molecule has 5 nitrogen and oxygen atoms in total. The molecule has 0 bridgehead atoms. The van der Waals surface area contributed by atoms with E-state index in [9.17, 15) is 9.59 Å². The topological polar surface area (TPSA) is 55.8 Å². The molecule has 0 fully saturated rings. The van der Waals surface area contributed by atoms with Crippen molar-refractivity contribution in [2.24, 2.45) is 0 Å². The second-order valence-corrected chi connectivity index (χ2v) is 9.75. The summed E-state index contributed by atoms with van der Waals surface area (Å²) < 4.78 is 9.77. The molecule has 164 valence electrons. The molecular formula is C26H25NO4S. The lowest BCUT2D eigenvalue weighted by molar-refractivity contribution is -0.119. The van der Waals surface area contributed by atoms with Crippen molar-refractivity contribution in [3.05, 3.63) is 90.0 Å². The summed E-state index contributed by atoms with van der Waals surface area (Å²) in [5.41, 5.74) is 1.31. The number of hydrogen-bond donors (Lipinski definition) is 0. The van der Waals surface area contributed by atoms with Crippen LogP contribution in [-0.4, -0.2) is 24.7 Å². The average molecular weight is 448 g/mol. The molecule has 1 atom stereocenters. The monoisotopic (exact) mass is 447 g/mol. The lowest BCUT2D eigenvalue weighted by Crippen LogP contribution is -2.44. The first-order valence-corrected chi connectivity index (χ1v) is 11.1. The van der Waals surface area contributed by atoms with Crippen molar-refractivity contribution in [1.82, 2.24) is 0 Å². The highest BCUT2D eigenvalue weighted by atomic mass is 32.2. The van der Waals surface area contributed by atoms with Gasteiger partial charge in [0.05, 0.1) is 12.8 Å². The lowest BCUT2D eigenvalue weighted by Gasteiger charge is -2.29. The Morgan fingerprint density at radius 1 is 0.906 bits per heavy atom. The Bertz CT molecular complexity index is 1140. The number of carbonyl (C=O) groups is 2. The van der Waals surface area contributed by atoms with Gasteiger partial charge in [0.2, 0.25) is 0 Å². The first-order chi connectivity index (χ1) is 15.3. The van der Waals surface area contributed by atoms with Gasteiger partial charge in [-0.2, -0.15) is 0 Å². The maximum atomic E-state index is 14.1. The van der Waals surface area contributed by atoms with E-state index in [1.54, 1.807) is 33.9 Å². The molecule has 6 heteroatoms. The first kappa shape index (κ1) is 22.0. The number of imide groups is 1. The molecule has 0 aliphatic carbocycles. The van der Waals surface area contributed by atoms with Crippen LogP contribution in [0.1, 0.15) is 31.9 Å². The summed E-state index contributed by atoms with van der Waals surface area (Å²) >= 11 is 1.42. The highest BCUT2D eigenvalue weighted by Gasteiger charge is 2.55. The van der Waals surface area contributed by atoms with Gasteiger partial charge in [0.15, 0.2) is 4.75 Å². The Morgan fingerprint density at radius 3 is 2.16 bits per heavy atom. The summed E-state index contributed by atoms with van der Waals surface area (Å²) in [6, 6.07) is 24.5. The summed E-state index contributed by atoms with van der Waals surface area (Å²) in [6.45, 7) is 5.35. The van der Waals surface area contributed by atoms with Gasteiger partial charge in [-0.1, -0.05) is 60.3 Å². The Kier molecular flexibility index (Phi) is 5.73. The number of para-hydroxylation sites is 1. The predicted molar refractivity (Wildman–Crippen MR) is 126 cm³/mol. The Balaban J connectivity index is 1.92. The van der Waals surface area contributed by atoms with E-state index >= 15 is 0 Å². The molecule has 1 aliphatic heterocycles. The van der Waals surface area contributed by atoms with Crippen LogP contribution in [0.25, 0.3) is 0 Å². The Labute approximate surface area is 192 Å². The SMILES string of the molecule is COc1ccc([C@@]2(Sc3ccccc3)C(=O)N(C(=O)OC(C)(C)C)c3ccccc32)cc1. The fourth-order valence-electron chi connectivity index (χ4n) is 3.76. The van der Waals surface area contributed by atoms with Gasteiger partial charge in [0.25, 0.3) is 5.91 Å². The molecule has 0 spiro atoms. The smallest absolute Gasteiger partial charge is 0.421 e. The van der Waals surface area contributed by atoms with Gasteiger partial charge in [-0.15, -0.1) is 0 Å². The lowest BCUT2D eigenvalue weighted by atomic mass is 9.91. The second kappa shape index (κ2) is 8.36. The van der Waals surface area contributed by atoms with E-state index in [4.69, 9.17) is 9.47 Å². The predicted octanol–water partition coefficient (Wildman–Crippen LogP) is 6.01. The minimum atomic E-state index is -1.15. The molecule has 2 amide bonds. The van der Waals surface area contributed by atoms with E-state index in [1.165, 1.54) is 16.7 Å². The number of methoxy groups -OCH3 is 1. The molecule has 1 heterocycles. The van der Waals surface area contributed by atoms with E-state index in [2.05, 4.69) is 0 Å². The van der Waals surface area contributed by atoms with E-state index < -0.39 is 16.4 Å². The highest BCUT2D eigenvalue weighted by molar-refractivity contribution is 8.01. The second-order valence-electron chi connectivity index (χ2n) is 8.46. The van der Waals surface area contributed by atoms with E-state index in [-0.39, 0.29) is 5.91 Å². The van der Waals surface area contributed by atoms with E-state index in [0.29, 0.717) is 11.4 Å². The summed E-state index contributed by atoms with van der Waals surface area (Å²) in [6.07, 6.45) is -0.681. The number of ether oxygens (including phenoxy) is 2. The number of carbonyl (C=O) groups excluding carboxylic acids is 2. The zero-order chi connectivity index (χ0) is 22.9. The Morgan fingerprint density at radius 2 is 1.53 bits per heavy atom. The summed E-state index contributed by atoms with van der Waals surface area (Å²) in [7, 11) is 1.60. The maximum Gasteiger partial charge on any atom is 0.421 e. The van der Waals surface area contributed by atoms with Gasteiger partial charge in [0.1, 0.15) is 11.4 Å². The van der Waals surface area contributed by atoms with Gasteiger partial charge in [0, 0.05) is 10.5 Å². The van der Waals surface area contributed by atoms with Crippen molar-refractivity contribution < 1.29 is 19.1 Å². The molecule has 3 aromatic carbocycles. The number of rotatable bonds is 4. The van der Waals surface area contributed by atoms with Gasteiger partial charge < -0.3 is 9.47 Å². The van der Waals surface area contributed by atoms with Crippen LogP contribution in [0.2, 0.25) is 0 Å². The zero-order valence-electron chi connectivity index (χ0n) is 18.5. The van der Waals surface area contributed by atoms with Crippen LogP contribution in [0.15, 0.2) is 83.8 Å². The third-order valence-electron chi connectivity index (χ3n) is 5.12. The fourth-order valence-corrected chi connectivity index (χ4v) is 5.13. The molecule has 0 saturated heterocycles. The minimum Gasteiger partial charge on any atom is -0.497 e. The van der Waals surface area contributed by atoms with E-state index in [0.717, 1.165) is 16.0 Å². The molecule has 32 heavy (non-hydrogen) atoms. The molecule has 0 radical (unpaired) electrons. The van der Waals surface area contributed by atoms with Crippen LogP contribution in [0, 0.1) is 0 Å². The molecule has 4 rings (SSSR count). The third-order valence-corrected chi connectivity index (χ3v) is 6.56. The van der Waals surface area contributed by atoms with Crippen LogP contribution in [0.5, 0.6) is 5.75 Å². The summed E-state index contributed by atoms with van der Waals surface area (Å²) in [4.78, 5) is 29.4. The molecule has 0 N–H and O–H groups in total. The number of amides is 2. The van der Waals surface area contributed by atoms with E-state index in [1.807, 2.05) is 72.8 Å². The molecule has 3 aromatic rings. The average Bonchev–Trinajstić information content (AvgIpc) is 3.02. The number of thioether (sulfide) groups is 1. The van der Waals surface area contributed by atoms with Crippen molar-refractivity contribution in [2.45, 2.75) is 36.0 Å². The van der Waals surface area contributed by atoms with Crippen LogP contribution in [0.4, 0.5) is 10.5 Å². The first-order valence-electron chi connectivity index (χ1n) is 10.3. The maximum absolute atomic E-state index is 14.1. The molecule has 1 aliphatic rings. The largest absolute Gasteiger partial charge is 0.497 e. The highest BCUT2D eigenvalue weighted by Crippen LogP contribution is 2.55. The molecule has 0 saturated carbocycles. The van der Waals surface area contributed by atoms with Crippen LogP contribution in [-0.2, 0) is 14.3 Å². The minimum absolute atomic E-state index is 0.355. The van der Waals surface area contributed by atoms with Crippen LogP contribution < -0.4 is 9.64 Å². The number of anilines is 1. The fraction of sp³-hybridized carbons (Fsp3) is 0.231. The normalized spacial score (nSPS) is 17.8. The summed E-state index contributed by atoms with van der Waals surface area (Å²) in [5.74, 6) is 0.336. The van der Waals surface area contributed by atoms with Gasteiger partial charge in [-0.05, 0) is 56.7 Å². The molecule has 0 unspecified atom stereocenters.